The summed E-state index contributed by atoms with van der Waals surface area (Å²) in [5.74, 6) is -0.0203. The summed E-state index contributed by atoms with van der Waals surface area (Å²) in [5.41, 5.74) is 8.56. The molecule has 23 heavy (non-hydrogen) atoms. The summed E-state index contributed by atoms with van der Waals surface area (Å²) < 4.78 is 18.5. The number of furan rings is 1. The van der Waals surface area contributed by atoms with Gasteiger partial charge in [-0.3, -0.25) is 4.79 Å². The first-order valence-electron chi connectivity index (χ1n) is 7.07. The molecular weight excluding hydrogens is 295 g/mol. The molecule has 1 aromatic heterocycles. The van der Waals surface area contributed by atoms with Crippen LogP contribution in [0.1, 0.15) is 16.1 Å². The number of hydrogen-bond donors (Lipinski definition) is 2. The van der Waals surface area contributed by atoms with E-state index >= 15 is 0 Å². The average Bonchev–Trinajstić information content (AvgIpc) is 3.02. The Hall–Kier alpha value is -3.08. The molecule has 3 aromatic rings. The zero-order chi connectivity index (χ0) is 16.4. The fraction of sp³-hybridized carbons (Fsp3) is 0.0556. The van der Waals surface area contributed by atoms with Crippen LogP contribution in [-0.4, -0.2) is 5.91 Å². The number of halogens is 1. The molecule has 3 rings (SSSR count). The Bertz CT molecular complexity index is 854. The maximum atomic E-state index is 12.9. The quantitative estimate of drug-likeness (QED) is 0.711. The Morgan fingerprint density at radius 2 is 1.83 bits per heavy atom. The lowest BCUT2D eigenvalue weighted by Gasteiger charge is -2.08. The molecule has 1 heterocycles. The van der Waals surface area contributed by atoms with Crippen LogP contribution in [-0.2, 0) is 0 Å². The predicted molar refractivity (Wildman–Crippen MR) is 87.6 cm³/mol. The van der Waals surface area contributed by atoms with Crippen LogP contribution >= 0.6 is 0 Å². The third kappa shape index (κ3) is 3.08. The van der Waals surface area contributed by atoms with Crippen molar-refractivity contribution in [2.24, 2.45) is 0 Å². The van der Waals surface area contributed by atoms with Gasteiger partial charge >= 0.3 is 0 Å². The number of benzene rings is 2. The van der Waals surface area contributed by atoms with Crippen LogP contribution in [0.25, 0.3) is 11.3 Å². The number of nitrogens with one attached hydrogen (secondary N) is 1. The van der Waals surface area contributed by atoms with Gasteiger partial charge in [-0.15, -0.1) is 0 Å². The number of carbonyl (C=O) groups excluding carboxylic acids is 1. The van der Waals surface area contributed by atoms with Gasteiger partial charge in [0.15, 0.2) is 5.76 Å². The van der Waals surface area contributed by atoms with Gasteiger partial charge in [-0.1, -0.05) is 6.07 Å². The molecule has 0 aliphatic rings. The average molecular weight is 310 g/mol. The molecule has 0 unspecified atom stereocenters. The van der Waals surface area contributed by atoms with Crippen molar-refractivity contribution < 1.29 is 13.6 Å². The van der Waals surface area contributed by atoms with Gasteiger partial charge < -0.3 is 15.5 Å². The summed E-state index contributed by atoms with van der Waals surface area (Å²) >= 11 is 0. The highest BCUT2D eigenvalue weighted by Crippen LogP contribution is 2.24. The minimum atomic E-state index is -0.368. The van der Waals surface area contributed by atoms with Crippen molar-refractivity contribution in [3.8, 4) is 11.3 Å². The minimum Gasteiger partial charge on any atom is -0.451 e. The van der Waals surface area contributed by atoms with E-state index in [-0.39, 0.29) is 17.5 Å². The lowest BCUT2D eigenvalue weighted by Crippen LogP contribution is -2.12. The van der Waals surface area contributed by atoms with E-state index in [2.05, 4.69) is 5.32 Å². The van der Waals surface area contributed by atoms with Crippen LogP contribution in [0.4, 0.5) is 15.8 Å². The lowest BCUT2D eigenvalue weighted by molar-refractivity contribution is 0.0997. The lowest BCUT2D eigenvalue weighted by atomic mass is 10.1. The molecule has 3 N–H and O–H groups in total. The molecule has 4 nitrogen and oxygen atoms in total. The van der Waals surface area contributed by atoms with Crippen molar-refractivity contribution in [3.05, 3.63) is 71.7 Å². The second kappa shape index (κ2) is 5.96. The molecule has 0 radical (unpaired) electrons. The molecule has 0 aliphatic carbocycles. The van der Waals surface area contributed by atoms with E-state index < -0.39 is 0 Å². The Labute approximate surface area is 132 Å². The third-order valence-corrected chi connectivity index (χ3v) is 3.58. The molecule has 5 heteroatoms. The number of rotatable bonds is 3. The van der Waals surface area contributed by atoms with Crippen molar-refractivity contribution in [1.29, 1.82) is 0 Å². The summed E-state index contributed by atoms with van der Waals surface area (Å²) in [6.07, 6.45) is 0. The van der Waals surface area contributed by atoms with Crippen molar-refractivity contribution in [2.75, 3.05) is 11.1 Å². The van der Waals surface area contributed by atoms with E-state index in [0.717, 1.165) is 5.56 Å². The predicted octanol–water partition coefficient (Wildman–Crippen LogP) is 4.23. The summed E-state index contributed by atoms with van der Waals surface area (Å²) in [4.78, 5) is 12.3. The van der Waals surface area contributed by atoms with E-state index in [9.17, 15) is 9.18 Å². The van der Waals surface area contributed by atoms with Crippen LogP contribution in [0.2, 0.25) is 0 Å². The highest BCUT2D eigenvalue weighted by atomic mass is 19.1. The van der Waals surface area contributed by atoms with Crippen molar-refractivity contribution in [1.82, 2.24) is 0 Å². The Morgan fingerprint density at radius 3 is 2.57 bits per heavy atom. The highest BCUT2D eigenvalue weighted by molar-refractivity contribution is 6.03. The van der Waals surface area contributed by atoms with Gasteiger partial charge in [0, 0.05) is 16.9 Å². The maximum absolute atomic E-state index is 12.9. The smallest absolute Gasteiger partial charge is 0.291 e. The molecule has 0 saturated carbocycles. The molecule has 2 aromatic carbocycles. The number of nitrogen functional groups attached to an aromatic ring is 1. The zero-order valence-corrected chi connectivity index (χ0v) is 12.5. The highest BCUT2D eigenvalue weighted by Gasteiger charge is 2.14. The molecule has 0 fully saturated rings. The van der Waals surface area contributed by atoms with Gasteiger partial charge in [0.2, 0.25) is 0 Å². The first-order chi connectivity index (χ1) is 11.0. The maximum Gasteiger partial charge on any atom is 0.291 e. The van der Waals surface area contributed by atoms with Gasteiger partial charge in [0.05, 0.1) is 0 Å². The molecule has 0 bridgehead atoms. The van der Waals surface area contributed by atoms with Gasteiger partial charge in [-0.25, -0.2) is 4.39 Å². The molecule has 0 spiro atoms. The Morgan fingerprint density at radius 1 is 1.09 bits per heavy atom. The number of anilines is 2. The third-order valence-electron chi connectivity index (χ3n) is 3.58. The Kier molecular flexibility index (Phi) is 3.85. The fourth-order valence-electron chi connectivity index (χ4n) is 2.20. The van der Waals surface area contributed by atoms with Crippen LogP contribution in [0.15, 0.2) is 59.0 Å². The van der Waals surface area contributed by atoms with Crippen molar-refractivity contribution >= 4 is 17.3 Å². The van der Waals surface area contributed by atoms with Gasteiger partial charge in [0.25, 0.3) is 5.91 Å². The van der Waals surface area contributed by atoms with E-state index in [4.69, 9.17) is 10.2 Å². The summed E-state index contributed by atoms with van der Waals surface area (Å²) in [5, 5.41) is 2.77. The van der Waals surface area contributed by atoms with Gasteiger partial charge in [-0.05, 0) is 61.0 Å². The topological polar surface area (TPSA) is 68.3 Å². The minimum absolute atomic E-state index is 0.172. The van der Waals surface area contributed by atoms with E-state index in [0.29, 0.717) is 22.7 Å². The molecule has 0 aliphatic heterocycles. The van der Waals surface area contributed by atoms with Crippen LogP contribution in [0, 0.1) is 12.7 Å². The monoisotopic (exact) mass is 310 g/mol. The molecular formula is C18H15FN2O2. The first kappa shape index (κ1) is 14.8. The van der Waals surface area contributed by atoms with Gasteiger partial charge in [-0.2, -0.15) is 0 Å². The fourth-order valence-corrected chi connectivity index (χ4v) is 2.20. The van der Waals surface area contributed by atoms with Crippen LogP contribution in [0.5, 0.6) is 0 Å². The van der Waals surface area contributed by atoms with Crippen molar-refractivity contribution in [2.45, 2.75) is 6.92 Å². The second-order valence-corrected chi connectivity index (χ2v) is 5.14. The van der Waals surface area contributed by atoms with E-state index in [1.807, 2.05) is 6.92 Å². The number of amides is 1. The number of carbonyl (C=O) groups is 1. The molecule has 116 valence electrons. The second-order valence-electron chi connectivity index (χ2n) is 5.14. The summed E-state index contributed by atoms with van der Waals surface area (Å²) in [6, 6.07) is 14.4. The van der Waals surface area contributed by atoms with Crippen molar-refractivity contribution in [3.63, 3.8) is 0 Å². The molecule has 1 amide bonds. The molecule has 0 saturated heterocycles. The molecule has 0 atom stereocenters. The standard InChI is InChI=1S/C18H15FN2O2/c1-11-14(20)3-2-4-15(11)21-18(22)17-10-9-16(23-17)12-5-7-13(19)8-6-12/h2-10H,20H2,1H3,(H,21,22). The summed E-state index contributed by atoms with van der Waals surface area (Å²) in [6.45, 7) is 1.83. The number of nitrogens with two attached hydrogens (primary N) is 1. The normalized spacial score (nSPS) is 10.5. The first-order valence-corrected chi connectivity index (χ1v) is 7.07. The zero-order valence-electron chi connectivity index (χ0n) is 12.5. The number of hydrogen-bond acceptors (Lipinski definition) is 3. The SMILES string of the molecule is Cc1c(N)cccc1NC(=O)c1ccc(-c2ccc(F)cc2)o1. The Balaban J connectivity index is 1.81. The van der Waals surface area contributed by atoms with E-state index in [1.165, 1.54) is 12.1 Å². The summed E-state index contributed by atoms with van der Waals surface area (Å²) in [7, 11) is 0. The van der Waals surface area contributed by atoms with Gasteiger partial charge in [0.1, 0.15) is 11.6 Å². The van der Waals surface area contributed by atoms with E-state index in [1.54, 1.807) is 42.5 Å². The van der Waals surface area contributed by atoms with Crippen LogP contribution in [0.3, 0.4) is 0 Å². The van der Waals surface area contributed by atoms with Crippen LogP contribution < -0.4 is 11.1 Å². The largest absolute Gasteiger partial charge is 0.451 e.